The van der Waals surface area contributed by atoms with Crippen molar-refractivity contribution < 1.29 is 30.3 Å². The van der Waals surface area contributed by atoms with E-state index in [-0.39, 0.29) is 5.75 Å². The van der Waals surface area contributed by atoms with Crippen LogP contribution >= 0.6 is 11.8 Å². The van der Waals surface area contributed by atoms with Crippen LogP contribution in [0.5, 0.6) is 0 Å². The minimum absolute atomic E-state index is 0.277. The SMILES string of the molecule is O=C(O)[C@@H]1CSC([C@@H](O)[C@H](O)[C@@H](O)CO)N1. The third kappa shape index (κ3) is 3.06. The quantitative estimate of drug-likeness (QED) is 0.309. The molecule has 0 aromatic rings. The van der Waals surface area contributed by atoms with Crippen molar-refractivity contribution >= 4 is 17.7 Å². The van der Waals surface area contributed by atoms with Crippen LogP contribution in [0.15, 0.2) is 0 Å². The maximum absolute atomic E-state index is 10.6. The predicted octanol–water partition coefficient (Wildman–Crippen LogP) is -2.82. The molecule has 1 rings (SSSR count). The molecule has 7 nitrogen and oxygen atoms in total. The van der Waals surface area contributed by atoms with Gasteiger partial charge in [0, 0.05) is 5.75 Å². The largest absolute Gasteiger partial charge is 0.480 e. The molecular formula is C8H15NO6S. The molecule has 1 aliphatic heterocycles. The summed E-state index contributed by atoms with van der Waals surface area (Å²) in [5.41, 5.74) is 0. The lowest BCUT2D eigenvalue weighted by Gasteiger charge is -2.25. The highest BCUT2D eigenvalue weighted by atomic mass is 32.2. The molecule has 0 aliphatic carbocycles. The van der Waals surface area contributed by atoms with Gasteiger partial charge < -0.3 is 25.5 Å². The van der Waals surface area contributed by atoms with Gasteiger partial charge in [-0.25, -0.2) is 0 Å². The monoisotopic (exact) mass is 253 g/mol. The molecule has 1 saturated heterocycles. The van der Waals surface area contributed by atoms with Crippen molar-refractivity contribution in [3.05, 3.63) is 0 Å². The lowest BCUT2D eigenvalue weighted by atomic mass is 10.1. The third-order valence-electron chi connectivity index (χ3n) is 2.35. The fraction of sp³-hybridized carbons (Fsp3) is 0.875. The zero-order valence-electron chi connectivity index (χ0n) is 8.35. The predicted molar refractivity (Wildman–Crippen MR) is 55.9 cm³/mol. The first-order valence-corrected chi connectivity index (χ1v) is 5.77. The lowest BCUT2D eigenvalue weighted by molar-refractivity contribution is -0.139. The maximum Gasteiger partial charge on any atom is 0.321 e. The molecule has 94 valence electrons. The van der Waals surface area contributed by atoms with E-state index in [9.17, 15) is 15.0 Å². The van der Waals surface area contributed by atoms with Crippen molar-refractivity contribution in [3.8, 4) is 0 Å². The van der Waals surface area contributed by atoms with Crippen LogP contribution in [0.4, 0.5) is 0 Å². The first-order valence-electron chi connectivity index (χ1n) is 4.73. The van der Waals surface area contributed by atoms with Gasteiger partial charge in [-0.2, -0.15) is 0 Å². The minimum atomic E-state index is -1.51. The van der Waals surface area contributed by atoms with Crippen LogP contribution in [-0.4, -0.2) is 73.6 Å². The van der Waals surface area contributed by atoms with Gasteiger partial charge in [0.2, 0.25) is 0 Å². The molecular weight excluding hydrogens is 238 g/mol. The smallest absolute Gasteiger partial charge is 0.321 e. The van der Waals surface area contributed by atoms with Gasteiger partial charge in [0.25, 0.3) is 0 Å². The van der Waals surface area contributed by atoms with Gasteiger partial charge in [-0.05, 0) is 0 Å². The van der Waals surface area contributed by atoms with Crippen molar-refractivity contribution in [1.82, 2.24) is 5.32 Å². The average Bonchev–Trinajstić information content (AvgIpc) is 2.75. The molecule has 0 spiro atoms. The molecule has 0 saturated carbocycles. The summed E-state index contributed by atoms with van der Waals surface area (Å²) in [5.74, 6) is -0.752. The van der Waals surface area contributed by atoms with E-state index in [0.29, 0.717) is 0 Å². The normalized spacial score (nSPS) is 31.0. The van der Waals surface area contributed by atoms with Crippen molar-refractivity contribution in [1.29, 1.82) is 0 Å². The molecule has 1 heterocycles. The van der Waals surface area contributed by atoms with E-state index < -0.39 is 42.3 Å². The number of carbonyl (C=O) groups is 1. The van der Waals surface area contributed by atoms with Crippen LogP contribution in [0, 0.1) is 0 Å². The molecule has 6 N–H and O–H groups in total. The number of aliphatic hydroxyl groups is 4. The van der Waals surface area contributed by atoms with Crippen LogP contribution in [-0.2, 0) is 4.79 Å². The van der Waals surface area contributed by atoms with Crippen LogP contribution in [0.3, 0.4) is 0 Å². The summed E-state index contributed by atoms with van der Waals surface area (Å²) >= 11 is 1.15. The number of carboxylic acids is 1. The molecule has 0 aromatic carbocycles. The van der Waals surface area contributed by atoms with E-state index in [4.69, 9.17) is 15.3 Å². The standard InChI is InChI=1S/C8H15NO6S/c10-1-4(11)5(12)6(13)7-9-3(2-16-7)8(14)15/h3-7,9-13H,1-2H2,(H,14,15)/t3-,4-,5+,6-,7?/m0/s1. The van der Waals surface area contributed by atoms with E-state index in [1.165, 1.54) is 0 Å². The van der Waals surface area contributed by atoms with E-state index in [1.54, 1.807) is 0 Å². The van der Waals surface area contributed by atoms with Gasteiger partial charge >= 0.3 is 5.97 Å². The Bertz CT molecular complexity index is 253. The number of nitrogens with one attached hydrogen (secondary N) is 1. The Morgan fingerprint density at radius 3 is 2.50 bits per heavy atom. The first-order chi connectivity index (χ1) is 7.47. The summed E-state index contributed by atoms with van der Waals surface area (Å²) in [7, 11) is 0. The summed E-state index contributed by atoms with van der Waals surface area (Å²) in [6, 6.07) is -0.775. The fourth-order valence-corrected chi connectivity index (χ4v) is 2.61. The number of thioether (sulfide) groups is 1. The molecule has 0 radical (unpaired) electrons. The molecule has 16 heavy (non-hydrogen) atoms. The zero-order valence-corrected chi connectivity index (χ0v) is 9.17. The van der Waals surface area contributed by atoms with E-state index in [1.807, 2.05) is 0 Å². The van der Waals surface area contributed by atoms with Crippen molar-refractivity contribution in [3.63, 3.8) is 0 Å². The summed E-state index contributed by atoms with van der Waals surface area (Å²) in [4.78, 5) is 10.6. The Labute approximate surface area is 96.1 Å². The van der Waals surface area contributed by atoms with Crippen molar-refractivity contribution in [2.75, 3.05) is 12.4 Å². The van der Waals surface area contributed by atoms with Gasteiger partial charge in [0.05, 0.1) is 12.0 Å². The highest BCUT2D eigenvalue weighted by Gasteiger charge is 2.38. The fourth-order valence-electron chi connectivity index (χ4n) is 1.35. The van der Waals surface area contributed by atoms with Crippen LogP contribution < -0.4 is 5.32 Å². The third-order valence-corrected chi connectivity index (χ3v) is 3.65. The van der Waals surface area contributed by atoms with Crippen LogP contribution in [0.2, 0.25) is 0 Å². The van der Waals surface area contributed by atoms with Gasteiger partial charge in [-0.3, -0.25) is 10.1 Å². The van der Waals surface area contributed by atoms with E-state index in [0.717, 1.165) is 11.8 Å². The molecule has 5 atom stereocenters. The molecule has 1 fully saturated rings. The molecule has 0 aromatic heterocycles. The molecule has 1 unspecified atom stereocenters. The molecule has 0 bridgehead atoms. The number of hydrogen-bond donors (Lipinski definition) is 6. The molecule has 8 heteroatoms. The Morgan fingerprint density at radius 1 is 1.44 bits per heavy atom. The van der Waals surface area contributed by atoms with Gasteiger partial charge in [0.1, 0.15) is 24.4 Å². The number of aliphatic hydroxyl groups excluding tert-OH is 4. The average molecular weight is 253 g/mol. The van der Waals surface area contributed by atoms with Crippen molar-refractivity contribution in [2.24, 2.45) is 0 Å². The Kier molecular flexibility index (Phi) is 4.96. The van der Waals surface area contributed by atoms with Crippen LogP contribution in [0.25, 0.3) is 0 Å². The summed E-state index contributed by atoms with van der Waals surface area (Å²) < 4.78 is 0. The molecule has 0 amide bonds. The van der Waals surface area contributed by atoms with Crippen LogP contribution in [0.1, 0.15) is 0 Å². The van der Waals surface area contributed by atoms with Crippen molar-refractivity contribution in [2.45, 2.75) is 29.7 Å². The second-order valence-corrected chi connectivity index (χ2v) is 4.72. The summed E-state index contributed by atoms with van der Waals surface area (Å²) in [5, 5.41) is 47.4. The van der Waals surface area contributed by atoms with Gasteiger partial charge in [-0.1, -0.05) is 0 Å². The first kappa shape index (κ1) is 13.7. The number of hydrogen-bond acceptors (Lipinski definition) is 7. The molecule has 1 aliphatic rings. The Balaban J connectivity index is 2.50. The lowest BCUT2D eigenvalue weighted by Crippen LogP contribution is -2.50. The zero-order chi connectivity index (χ0) is 12.3. The van der Waals surface area contributed by atoms with E-state index in [2.05, 4.69) is 5.32 Å². The summed E-state index contributed by atoms with van der Waals surface area (Å²) in [6.07, 6.45) is -4.29. The maximum atomic E-state index is 10.6. The second-order valence-electron chi connectivity index (χ2n) is 3.54. The minimum Gasteiger partial charge on any atom is -0.480 e. The second kappa shape index (κ2) is 5.80. The van der Waals surface area contributed by atoms with E-state index >= 15 is 0 Å². The summed E-state index contributed by atoms with van der Waals surface area (Å²) in [6.45, 7) is -0.669. The van der Waals surface area contributed by atoms with Gasteiger partial charge in [0.15, 0.2) is 0 Å². The number of carboxylic acid groups (broad SMARTS) is 1. The topological polar surface area (TPSA) is 130 Å². The Hall–Kier alpha value is -0.380. The number of rotatable bonds is 5. The number of aliphatic carboxylic acids is 1. The highest BCUT2D eigenvalue weighted by molar-refractivity contribution is 8.00. The highest BCUT2D eigenvalue weighted by Crippen LogP contribution is 2.24. The van der Waals surface area contributed by atoms with Gasteiger partial charge in [-0.15, -0.1) is 11.8 Å². The Morgan fingerprint density at radius 2 is 2.06 bits per heavy atom.